The average molecular weight is 410 g/mol. The molecule has 2 aliphatic heterocycles. The summed E-state index contributed by atoms with van der Waals surface area (Å²) in [5.74, 6) is 0.875. The molecule has 1 amide bonds. The number of piperazine rings is 1. The van der Waals surface area contributed by atoms with Crippen molar-refractivity contribution in [3.8, 4) is 5.75 Å². The zero-order chi connectivity index (χ0) is 20.8. The Morgan fingerprint density at radius 2 is 1.63 bits per heavy atom. The SMILES string of the molecule is Cc1ccc(OCC(=O)N2CC[NH+](C3CC[NH+](Cc4ccccc4)CC3)CC2)cc1. The Balaban J connectivity index is 1.16. The highest BCUT2D eigenvalue weighted by Gasteiger charge is 2.33. The van der Waals surface area contributed by atoms with Gasteiger partial charge in [-0.05, 0) is 19.1 Å². The number of piperidine rings is 1. The number of carbonyl (C=O) groups is 1. The van der Waals surface area contributed by atoms with Crippen molar-refractivity contribution < 1.29 is 19.3 Å². The maximum Gasteiger partial charge on any atom is 0.260 e. The monoisotopic (exact) mass is 409 g/mol. The van der Waals surface area contributed by atoms with Gasteiger partial charge >= 0.3 is 0 Å². The van der Waals surface area contributed by atoms with E-state index >= 15 is 0 Å². The summed E-state index contributed by atoms with van der Waals surface area (Å²) in [6.07, 6.45) is 2.59. The summed E-state index contributed by atoms with van der Waals surface area (Å²) < 4.78 is 5.68. The number of carbonyl (C=O) groups excluding carboxylic acids is 1. The molecule has 5 heteroatoms. The first-order chi connectivity index (χ1) is 14.7. The van der Waals surface area contributed by atoms with Crippen LogP contribution in [-0.4, -0.2) is 62.7 Å². The molecule has 30 heavy (non-hydrogen) atoms. The molecule has 0 atom stereocenters. The van der Waals surface area contributed by atoms with E-state index in [1.54, 1.807) is 9.80 Å². The molecule has 0 bridgehead atoms. The Morgan fingerprint density at radius 3 is 2.30 bits per heavy atom. The highest BCUT2D eigenvalue weighted by molar-refractivity contribution is 5.77. The Hall–Kier alpha value is -2.37. The number of rotatable bonds is 6. The van der Waals surface area contributed by atoms with Gasteiger partial charge in [-0.3, -0.25) is 4.79 Å². The van der Waals surface area contributed by atoms with Crippen molar-refractivity contribution in [1.29, 1.82) is 0 Å². The third-order valence-electron chi connectivity index (χ3n) is 6.71. The molecule has 0 radical (unpaired) electrons. The van der Waals surface area contributed by atoms with Gasteiger partial charge in [-0.2, -0.15) is 0 Å². The highest BCUT2D eigenvalue weighted by atomic mass is 16.5. The summed E-state index contributed by atoms with van der Waals surface area (Å²) in [6, 6.07) is 19.5. The first-order valence-corrected chi connectivity index (χ1v) is 11.4. The number of quaternary nitrogens is 2. The maximum absolute atomic E-state index is 12.5. The van der Waals surface area contributed by atoms with E-state index in [2.05, 4.69) is 30.3 Å². The predicted octanol–water partition coefficient (Wildman–Crippen LogP) is 0.348. The van der Waals surface area contributed by atoms with Gasteiger partial charge in [0.2, 0.25) is 0 Å². The third kappa shape index (κ3) is 5.61. The molecule has 2 aromatic rings. The van der Waals surface area contributed by atoms with Crippen molar-refractivity contribution in [1.82, 2.24) is 4.90 Å². The molecule has 2 N–H and O–H groups in total. The summed E-state index contributed by atoms with van der Waals surface area (Å²) >= 11 is 0. The molecule has 0 unspecified atom stereocenters. The Labute approximate surface area is 180 Å². The normalized spacial score (nSPS) is 22.6. The fourth-order valence-corrected chi connectivity index (χ4v) is 4.82. The van der Waals surface area contributed by atoms with E-state index in [0.29, 0.717) is 0 Å². The summed E-state index contributed by atoms with van der Waals surface area (Å²) in [4.78, 5) is 17.9. The quantitative estimate of drug-likeness (QED) is 0.723. The standard InChI is InChI=1S/C25H33N3O2/c1-21-7-9-24(10-8-21)30-20-25(29)28-17-15-27(16-18-28)23-11-13-26(14-12-23)19-22-5-3-2-4-6-22/h2-10,23H,11-20H2,1H3/p+2. The van der Waals surface area contributed by atoms with Crippen LogP contribution < -0.4 is 14.5 Å². The van der Waals surface area contributed by atoms with Crippen molar-refractivity contribution in [3.63, 3.8) is 0 Å². The molecule has 2 fully saturated rings. The van der Waals surface area contributed by atoms with Gasteiger partial charge < -0.3 is 19.4 Å². The van der Waals surface area contributed by atoms with E-state index in [4.69, 9.17) is 4.74 Å². The van der Waals surface area contributed by atoms with E-state index < -0.39 is 0 Å². The van der Waals surface area contributed by atoms with Crippen molar-refractivity contribution in [2.24, 2.45) is 0 Å². The van der Waals surface area contributed by atoms with E-state index in [9.17, 15) is 4.79 Å². The van der Waals surface area contributed by atoms with E-state index in [-0.39, 0.29) is 12.5 Å². The lowest BCUT2D eigenvalue weighted by Gasteiger charge is -2.39. The first kappa shape index (κ1) is 20.9. The molecule has 0 saturated carbocycles. The number of hydrogen-bond acceptors (Lipinski definition) is 2. The van der Waals surface area contributed by atoms with Crippen LogP contribution in [0.15, 0.2) is 54.6 Å². The van der Waals surface area contributed by atoms with E-state index in [0.717, 1.165) is 44.5 Å². The number of aryl methyl sites for hydroxylation is 1. The summed E-state index contributed by atoms with van der Waals surface area (Å²) in [6.45, 7) is 9.68. The van der Waals surface area contributed by atoms with Gasteiger partial charge in [0.05, 0.1) is 45.3 Å². The van der Waals surface area contributed by atoms with Gasteiger partial charge in [0, 0.05) is 18.4 Å². The van der Waals surface area contributed by atoms with Crippen LogP contribution in [-0.2, 0) is 11.3 Å². The number of nitrogens with zero attached hydrogens (tertiary/aromatic N) is 1. The smallest absolute Gasteiger partial charge is 0.260 e. The van der Waals surface area contributed by atoms with Gasteiger partial charge in [0.1, 0.15) is 12.3 Å². The molecular formula is C25H35N3O2+2. The number of nitrogens with one attached hydrogen (secondary N) is 2. The first-order valence-electron chi connectivity index (χ1n) is 11.4. The van der Waals surface area contributed by atoms with Gasteiger partial charge in [0.15, 0.2) is 6.61 Å². The van der Waals surface area contributed by atoms with Crippen molar-refractivity contribution in [3.05, 3.63) is 65.7 Å². The highest BCUT2D eigenvalue weighted by Crippen LogP contribution is 2.11. The minimum absolute atomic E-state index is 0.108. The van der Waals surface area contributed by atoms with Crippen LogP contribution in [0.1, 0.15) is 24.0 Å². The minimum Gasteiger partial charge on any atom is -0.484 e. The van der Waals surface area contributed by atoms with Crippen molar-refractivity contribution >= 4 is 5.91 Å². The molecule has 0 aromatic heterocycles. The molecule has 0 aliphatic carbocycles. The topological polar surface area (TPSA) is 38.4 Å². The summed E-state index contributed by atoms with van der Waals surface area (Å²) in [5, 5.41) is 0. The molecule has 2 saturated heterocycles. The van der Waals surface area contributed by atoms with E-state index in [1.165, 1.54) is 37.1 Å². The molecule has 5 nitrogen and oxygen atoms in total. The van der Waals surface area contributed by atoms with E-state index in [1.807, 2.05) is 36.1 Å². The van der Waals surface area contributed by atoms with Gasteiger partial charge in [-0.25, -0.2) is 0 Å². The lowest BCUT2D eigenvalue weighted by Crippen LogP contribution is -3.21. The average Bonchev–Trinajstić information content (AvgIpc) is 2.80. The second kappa shape index (κ2) is 10.1. The van der Waals surface area contributed by atoms with Crippen LogP contribution in [0.4, 0.5) is 0 Å². The summed E-state index contributed by atoms with van der Waals surface area (Å²) in [7, 11) is 0. The third-order valence-corrected chi connectivity index (χ3v) is 6.71. The largest absolute Gasteiger partial charge is 0.484 e. The number of benzene rings is 2. The van der Waals surface area contributed by atoms with Gasteiger partial charge in [-0.15, -0.1) is 0 Å². The Morgan fingerprint density at radius 1 is 0.967 bits per heavy atom. The van der Waals surface area contributed by atoms with Gasteiger partial charge in [-0.1, -0.05) is 48.0 Å². The van der Waals surface area contributed by atoms with Crippen LogP contribution >= 0.6 is 0 Å². The number of amides is 1. The maximum atomic E-state index is 12.5. The van der Waals surface area contributed by atoms with Crippen LogP contribution in [0.2, 0.25) is 0 Å². The number of hydrogen-bond donors (Lipinski definition) is 2. The number of ether oxygens (including phenoxy) is 1. The zero-order valence-corrected chi connectivity index (χ0v) is 18.1. The predicted molar refractivity (Wildman–Crippen MR) is 118 cm³/mol. The second-order valence-electron chi connectivity index (χ2n) is 8.83. The fourth-order valence-electron chi connectivity index (χ4n) is 4.82. The Bertz CT molecular complexity index is 793. The summed E-state index contributed by atoms with van der Waals surface area (Å²) in [5.41, 5.74) is 2.64. The van der Waals surface area contributed by atoms with Gasteiger partial charge in [0.25, 0.3) is 5.91 Å². The van der Waals surface area contributed by atoms with Crippen molar-refractivity contribution in [2.45, 2.75) is 32.4 Å². The van der Waals surface area contributed by atoms with Crippen LogP contribution in [0, 0.1) is 6.92 Å². The lowest BCUT2D eigenvalue weighted by molar-refractivity contribution is -0.965. The second-order valence-corrected chi connectivity index (χ2v) is 8.83. The minimum atomic E-state index is 0.108. The lowest BCUT2D eigenvalue weighted by atomic mass is 10.0. The van der Waals surface area contributed by atoms with Crippen LogP contribution in [0.3, 0.4) is 0 Å². The van der Waals surface area contributed by atoms with Crippen LogP contribution in [0.25, 0.3) is 0 Å². The van der Waals surface area contributed by atoms with Crippen LogP contribution in [0.5, 0.6) is 5.75 Å². The molecule has 2 aromatic carbocycles. The molecule has 2 heterocycles. The molecule has 0 spiro atoms. The molecule has 160 valence electrons. The molecule has 4 rings (SSSR count). The zero-order valence-electron chi connectivity index (χ0n) is 18.1. The molecule has 2 aliphatic rings. The number of likely N-dealkylation sites (tertiary alicyclic amines) is 1. The molecular weight excluding hydrogens is 374 g/mol. The fraction of sp³-hybridized carbons (Fsp3) is 0.480. The van der Waals surface area contributed by atoms with Crippen molar-refractivity contribution in [2.75, 3.05) is 45.9 Å². The Kier molecular flexibility index (Phi) is 7.03.